The van der Waals surface area contributed by atoms with E-state index in [1.165, 1.54) is 11.8 Å². The molecule has 0 bridgehead atoms. The van der Waals surface area contributed by atoms with Crippen LogP contribution >= 0.6 is 11.8 Å². The quantitative estimate of drug-likeness (QED) is 0.809. The van der Waals surface area contributed by atoms with Gasteiger partial charge in [-0.15, -0.1) is 5.10 Å². The molecule has 0 saturated heterocycles. The van der Waals surface area contributed by atoms with Gasteiger partial charge in [-0.1, -0.05) is 11.8 Å². The molecular weight excluding hydrogens is 262 g/mol. The van der Waals surface area contributed by atoms with Crippen molar-refractivity contribution >= 4 is 17.7 Å². The first kappa shape index (κ1) is 13.5. The number of carbonyl (C=O) groups excluding carboxylic acids is 1. The third kappa shape index (κ3) is 3.54. The molecule has 6 nitrogen and oxygen atoms in total. The van der Waals surface area contributed by atoms with Crippen molar-refractivity contribution in [2.45, 2.75) is 24.3 Å². The number of amides is 1. The van der Waals surface area contributed by atoms with E-state index in [2.05, 4.69) is 25.5 Å². The zero-order chi connectivity index (χ0) is 13.7. The molecular formula is C12H15N5OS. The van der Waals surface area contributed by atoms with Crippen molar-refractivity contribution in [1.29, 1.82) is 0 Å². The van der Waals surface area contributed by atoms with Crippen molar-refractivity contribution in [2.24, 2.45) is 0 Å². The van der Waals surface area contributed by atoms with E-state index in [1.807, 2.05) is 26.0 Å². The van der Waals surface area contributed by atoms with Crippen LogP contribution in [0, 0.1) is 0 Å². The van der Waals surface area contributed by atoms with E-state index in [-0.39, 0.29) is 11.2 Å². The van der Waals surface area contributed by atoms with Gasteiger partial charge >= 0.3 is 0 Å². The third-order valence-corrected chi connectivity index (χ3v) is 3.38. The van der Waals surface area contributed by atoms with E-state index in [9.17, 15) is 4.79 Å². The molecule has 2 N–H and O–H groups in total. The summed E-state index contributed by atoms with van der Waals surface area (Å²) in [5.41, 5.74) is 0.917. The summed E-state index contributed by atoms with van der Waals surface area (Å²) in [6.45, 7) is 4.35. The van der Waals surface area contributed by atoms with Gasteiger partial charge in [0.15, 0.2) is 5.82 Å². The highest BCUT2D eigenvalue weighted by atomic mass is 32.2. The van der Waals surface area contributed by atoms with Gasteiger partial charge < -0.3 is 5.32 Å². The minimum atomic E-state index is -0.221. The Labute approximate surface area is 115 Å². The maximum atomic E-state index is 11.6. The second-order valence-electron chi connectivity index (χ2n) is 3.86. The molecule has 0 aliphatic heterocycles. The Balaban J connectivity index is 2.04. The Morgan fingerprint density at radius 2 is 2.21 bits per heavy atom. The molecule has 2 heterocycles. The summed E-state index contributed by atoms with van der Waals surface area (Å²) in [6.07, 6.45) is 3.39. The molecule has 7 heteroatoms. The molecule has 0 radical (unpaired) electrons. The molecule has 0 spiro atoms. The molecule has 2 rings (SSSR count). The van der Waals surface area contributed by atoms with Crippen molar-refractivity contribution < 1.29 is 4.79 Å². The molecule has 2 aromatic heterocycles. The SMILES string of the molecule is CCNC(=O)[C@@H](C)Sc1n[nH]c(-c2ccncc2)n1. The molecule has 1 atom stereocenters. The molecule has 0 aliphatic carbocycles. The Hall–Kier alpha value is -1.89. The summed E-state index contributed by atoms with van der Waals surface area (Å²) < 4.78 is 0. The number of pyridine rings is 1. The number of nitrogens with one attached hydrogen (secondary N) is 2. The summed E-state index contributed by atoms with van der Waals surface area (Å²) in [4.78, 5) is 19.9. The van der Waals surface area contributed by atoms with E-state index in [0.29, 0.717) is 17.5 Å². The predicted octanol–water partition coefficient (Wildman–Crippen LogP) is 1.48. The first-order chi connectivity index (χ1) is 9.20. The van der Waals surface area contributed by atoms with Gasteiger partial charge in [-0.2, -0.15) is 0 Å². The minimum Gasteiger partial charge on any atom is -0.355 e. The van der Waals surface area contributed by atoms with Crippen molar-refractivity contribution in [3.05, 3.63) is 24.5 Å². The maximum absolute atomic E-state index is 11.6. The van der Waals surface area contributed by atoms with Gasteiger partial charge in [0.2, 0.25) is 11.1 Å². The maximum Gasteiger partial charge on any atom is 0.233 e. The highest BCUT2D eigenvalue weighted by molar-refractivity contribution is 8.00. The number of H-pyrrole nitrogens is 1. The molecule has 0 aromatic carbocycles. The minimum absolute atomic E-state index is 0.0113. The number of aromatic nitrogens is 4. The van der Waals surface area contributed by atoms with Gasteiger partial charge in [-0.25, -0.2) is 4.98 Å². The Morgan fingerprint density at radius 1 is 1.47 bits per heavy atom. The first-order valence-corrected chi connectivity index (χ1v) is 6.86. The molecule has 0 saturated carbocycles. The second-order valence-corrected chi connectivity index (χ2v) is 5.17. The number of carbonyl (C=O) groups is 1. The standard InChI is InChI=1S/C12H15N5OS/c1-3-14-11(18)8(2)19-12-15-10(16-17-12)9-4-6-13-7-5-9/h4-8H,3H2,1-2H3,(H,14,18)(H,15,16,17)/t8-/m1/s1. The van der Waals surface area contributed by atoms with Crippen LogP contribution in [0.4, 0.5) is 0 Å². The summed E-state index contributed by atoms with van der Waals surface area (Å²) in [7, 11) is 0. The van der Waals surface area contributed by atoms with Gasteiger partial charge in [0.25, 0.3) is 0 Å². The third-order valence-electron chi connectivity index (χ3n) is 2.42. The molecule has 0 fully saturated rings. The fourth-order valence-corrected chi connectivity index (χ4v) is 2.22. The summed E-state index contributed by atoms with van der Waals surface area (Å²) in [5.74, 6) is 0.663. The number of thioether (sulfide) groups is 1. The van der Waals surface area contributed by atoms with Gasteiger partial charge in [-0.3, -0.25) is 14.9 Å². The fourth-order valence-electron chi connectivity index (χ4n) is 1.47. The van der Waals surface area contributed by atoms with Crippen LogP contribution in [0.25, 0.3) is 11.4 Å². The lowest BCUT2D eigenvalue weighted by Crippen LogP contribution is -2.30. The Kier molecular flexibility index (Phi) is 4.51. The zero-order valence-corrected chi connectivity index (χ0v) is 11.6. The van der Waals surface area contributed by atoms with Crippen molar-refractivity contribution in [3.63, 3.8) is 0 Å². The Bertz CT molecular complexity index is 542. The van der Waals surface area contributed by atoms with Crippen molar-refractivity contribution in [1.82, 2.24) is 25.5 Å². The van der Waals surface area contributed by atoms with E-state index >= 15 is 0 Å². The molecule has 2 aromatic rings. The van der Waals surface area contributed by atoms with Crippen LogP contribution < -0.4 is 5.32 Å². The van der Waals surface area contributed by atoms with Crippen LogP contribution in [0.2, 0.25) is 0 Å². The van der Waals surface area contributed by atoms with E-state index < -0.39 is 0 Å². The van der Waals surface area contributed by atoms with Crippen LogP contribution in [-0.4, -0.2) is 37.9 Å². The lowest BCUT2D eigenvalue weighted by atomic mass is 10.3. The predicted molar refractivity (Wildman–Crippen MR) is 73.6 cm³/mol. The average molecular weight is 277 g/mol. The van der Waals surface area contributed by atoms with E-state index in [1.54, 1.807) is 12.4 Å². The Morgan fingerprint density at radius 3 is 2.89 bits per heavy atom. The zero-order valence-electron chi connectivity index (χ0n) is 10.8. The van der Waals surface area contributed by atoms with Gasteiger partial charge in [0.05, 0.1) is 5.25 Å². The highest BCUT2D eigenvalue weighted by Gasteiger charge is 2.16. The van der Waals surface area contributed by atoms with Crippen molar-refractivity contribution in [2.75, 3.05) is 6.54 Å². The second kappa shape index (κ2) is 6.33. The number of hydrogen-bond acceptors (Lipinski definition) is 5. The first-order valence-electron chi connectivity index (χ1n) is 5.98. The summed E-state index contributed by atoms with van der Waals surface area (Å²) in [5, 5.41) is 10.1. The largest absolute Gasteiger partial charge is 0.355 e. The molecule has 0 unspecified atom stereocenters. The topological polar surface area (TPSA) is 83.6 Å². The number of nitrogens with zero attached hydrogens (tertiary/aromatic N) is 3. The number of rotatable bonds is 5. The van der Waals surface area contributed by atoms with Crippen molar-refractivity contribution in [3.8, 4) is 11.4 Å². The monoisotopic (exact) mass is 277 g/mol. The summed E-state index contributed by atoms with van der Waals surface area (Å²) >= 11 is 1.33. The van der Waals surface area contributed by atoms with Crippen LogP contribution in [0.3, 0.4) is 0 Å². The molecule has 1 amide bonds. The fraction of sp³-hybridized carbons (Fsp3) is 0.333. The van der Waals surface area contributed by atoms with E-state index in [4.69, 9.17) is 0 Å². The molecule has 19 heavy (non-hydrogen) atoms. The van der Waals surface area contributed by atoms with E-state index in [0.717, 1.165) is 5.56 Å². The molecule has 100 valence electrons. The normalized spacial score (nSPS) is 12.1. The number of aromatic amines is 1. The van der Waals surface area contributed by atoms with Crippen LogP contribution in [0.5, 0.6) is 0 Å². The number of hydrogen-bond donors (Lipinski definition) is 2. The van der Waals surface area contributed by atoms with Gasteiger partial charge in [-0.05, 0) is 26.0 Å². The smallest absolute Gasteiger partial charge is 0.233 e. The lowest BCUT2D eigenvalue weighted by Gasteiger charge is -2.07. The summed E-state index contributed by atoms with van der Waals surface area (Å²) in [6, 6.07) is 3.70. The van der Waals surface area contributed by atoms with Gasteiger partial charge in [0.1, 0.15) is 0 Å². The molecule has 0 aliphatic rings. The average Bonchev–Trinajstić information content (AvgIpc) is 2.88. The van der Waals surface area contributed by atoms with Crippen LogP contribution in [0.1, 0.15) is 13.8 Å². The van der Waals surface area contributed by atoms with Crippen LogP contribution in [0.15, 0.2) is 29.7 Å². The van der Waals surface area contributed by atoms with Gasteiger partial charge in [0, 0.05) is 24.5 Å². The highest BCUT2D eigenvalue weighted by Crippen LogP contribution is 2.22. The van der Waals surface area contributed by atoms with Crippen LogP contribution in [-0.2, 0) is 4.79 Å². The lowest BCUT2D eigenvalue weighted by molar-refractivity contribution is -0.120.